The van der Waals surface area contributed by atoms with Gasteiger partial charge < -0.3 is 9.47 Å². The Morgan fingerprint density at radius 1 is 0.938 bits per heavy atom. The van der Waals surface area contributed by atoms with Gasteiger partial charge in [-0.1, -0.05) is 48.5 Å². The van der Waals surface area contributed by atoms with Crippen molar-refractivity contribution in [2.45, 2.75) is 13.2 Å². The normalized spacial score (nSPS) is 14.8. The number of thioether (sulfide) groups is 1. The van der Waals surface area contributed by atoms with Crippen molar-refractivity contribution < 1.29 is 19.1 Å². The van der Waals surface area contributed by atoms with E-state index in [9.17, 15) is 9.59 Å². The summed E-state index contributed by atoms with van der Waals surface area (Å²) < 4.78 is 12.5. The molecule has 3 aromatic rings. The van der Waals surface area contributed by atoms with Crippen LogP contribution in [0.25, 0.3) is 6.08 Å². The summed E-state index contributed by atoms with van der Waals surface area (Å²) in [6.07, 6.45) is 1.72. The van der Waals surface area contributed by atoms with Crippen molar-refractivity contribution >= 4 is 51.6 Å². The van der Waals surface area contributed by atoms with Gasteiger partial charge in [0.25, 0.3) is 11.1 Å². The van der Waals surface area contributed by atoms with Crippen LogP contribution in [0, 0.1) is 3.57 Å². The van der Waals surface area contributed by atoms with E-state index < -0.39 is 0 Å². The first-order valence-corrected chi connectivity index (χ1v) is 11.8. The van der Waals surface area contributed by atoms with Crippen LogP contribution >= 0.6 is 34.4 Å². The van der Waals surface area contributed by atoms with Crippen LogP contribution in [0.2, 0.25) is 0 Å². The summed E-state index contributed by atoms with van der Waals surface area (Å²) in [5.41, 5.74) is 2.71. The van der Waals surface area contributed by atoms with Gasteiger partial charge in [0.1, 0.15) is 6.61 Å². The smallest absolute Gasteiger partial charge is 0.293 e. The lowest BCUT2D eigenvalue weighted by atomic mass is 10.1. The second-order valence-corrected chi connectivity index (χ2v) is 9.32. The zero-order valence-electron chi connectivity index (χ0n) is 17.3. The summed E-state index contributed by atoms with van der Waals surface area (Å²) in [5, 5.41) is -0.270. The molecule has 0 radical (unpaired) electrons. The molecule has 32 heavy (non-hydrogen) atoms. The fourth-order valence-corrected chi connectivity index (χ4v) is 4.39. The lowest BCUT2D eigenvalue weighted by molar-refractivity contribution is -0.123. The number of ether oxygens (including phenoxy) is 2. The summed E-state index contributed by atoms with van der Waals surface area (Å²) in [6, 6.07) is 23.0. The molecule has 0 aliphatic carbocycles. The number of halogens is 1. The van der Waals surface area contributed by atoms with Crippen LogP contribution in [-0.4, -0.2) is 23.2 Å². The first-order valence-electron chi connectivity index (χ1n) is 9.88. The maximum atomic E-state index is 12.9. The zero-order chi connectivity index (χ0) is 22.5. The van der Waals surface area contributed by atoms with Gasteiger partial charge in [-0.25, -0.2) is 0 Å². The van der Waals surface area contributed by atoms with Gasteiger partial charge in [-0.3, -0.25) is 14.5 Å². The van der Waals surface area contributed by atoms with Crippen LogP contribution in [0.15, 0.2) is 77.7 Å². The summed E-state index contributed by atoms with van der Waals surface area (Å²) in [6.45, 7) is 0.653. The first kappa shape index (κ1) is 22.4. The van der Waals surface area contributed by atoms with E-state index in [1.807, 2.05) is 66.7 Å². The fraction of sp³-hybridized carbons (Fsp3) is 0.120. The van der Waals surface area contributed by atoms with Gasteiger partial charge in [-0.2, -0.15) is 0 Å². The van der Waals surface area contributed by atoms with Crippen LogP contribution < -0.4 is 9.47 Å². The molecule has 4 rings (SSSR count). The topological polar surface area (TPSA) is 55.8 Å². The minimum atomic E-state index is -0.291. The molecule has 0 bridgehead atoms. The molecule has 3 aromatic carbocycles. The average molecular weight is 557 g/mol. The summed E-state index contributed by atoms with van der Waals surface area (Å²) in [4.78, 5) is 27.0. The van der Waals surface area contributed by atoms with Crippen molar-refractivity contribution in [2.75, 3.05) is 7.11 Å². The van der Waals surface area contributed by atoms with Crippen LogP contribution in [0.1, 0.15) is 16.7 Å². The predicted molar refractivity (Wildman–Crippen MR) is 134 cm³/mol. The van der Waals surface area contributed by atoms with E-state index in [1.165, 1.54) is 4.90 Å². The average Bonchev–Trinajstić information content (AvgIpc) is 3.07. The van der Waals surface area contributed by atoms with Crippen molar-refractivity contribution in [1.82, 2.24) is 4.90 Å². The number of carbonyl (C=O) groups is 2. The molecule has 1 fully saturated rings. The van der Waals surface area contributed by atoms with E-state index in [-0.39, 0.29) is 17.7 Å². The fourth-order valence-electron chi connectivity index (χ4n) is 3.19. The Morgan fingerprint density at radius 2 is 1.69 bits per heavy atom. The molecule has 2 amide bonds. The van der Waals surface area contributed by atoms with E-state index in [4.69, 9.17) is 9.47 Å². The third kappa shape index (κ3) is 5.34. The van der Waals surface area contributed by atoms with E-state index in [1.54, 1.807) is 19.3 Å². The number of amides is 2. The Kier molecular flexibility index (Phi) is 7.16. The SMILES string of the molecule is COc1ccc(/C=C2\SC(=O)N(Cc3ccc(I)cc3)C2=O)cc1OCc1ccccc1. The lowest BCUT2D eigenvalue weighted by Gasteiger charge is -2.13. The first-order chi connectivity index (χ1) is 15.5. The van der Waals surface area contributed by atoms with Crippen molar-refractivity contribution in [1.29, 1.82) is 0 Å². The molecule has 0 unspecified atom stereocenters. The molecule has 7 heteroatoms. The van der Waals surface area contributed by atoms with Crippen LogP contribution in [0.5, 0.6) is 11.5 Å². The molecule has 1 heterocycles. The highest BCUT2D eigenvalue weighted by molar-refractivity contribution is 14.1. The number of hydrogen-bond acceptors (Lipinski definition) is 5. The van der Waals surface area contributed by atoms with E-state index >= 15 is 0 Å². The minimum absolute atomic E-state index is 0.257. The Hall–Kier alpha value is -2.78. The largest absolute Gasteiger partial charge is 0.493 e. The molecular formula is C25H20INO4S. The van der Waals surface area contributed by atoms with Crippen molar-refractivity contribution in [3.05, 3.63) is 98.0 Å². The number of benzene rings is 3. The van der Waals surface area contributed by atoms with E-state index in [0.29, 0.717) is 23.0 Å². The van der Waals surface area contributed by atoms with Gasteiger partial charge in [0, 0.05) is 3.57 Å². The van der Waals surface area contributed by atoms with Gasteiger partial charge in [-0.05, 0) is 81.4 Å². The predicted octanol–water partition coefficient (Wildman–Crippen LogP) is 6.12. The van der Waals surface area contributed by atoms with Gasteiger partial charge in [0.15, 0.2) is 11.5 Å². The molecule has 0 aromatic heterocycles. The number of carbonyl (C=O) groups excluding carboxylic acids is 2. The summed E-state index contributed by atoms with van der Waals surface area (Å²) in [7, 11) is 1.58. The quantitative estimate of drug-likeness (QED) is 0.259. The second-order valence-electron chi connectivity index (χ2n) is 7.08. The molecule has 0 saturated carbocycles. The monoisotopic (exact) mass is 557 g/mol. The Labute approximate surface area is 204 Å². The third-order valence-corrected chi connectivity index (χ3v) is 6.48. The lowest BCUT2D eigenvalue weighted by Crippen LogP contribution is -2.27. The summed E-state index contributed by atoms with van der Waals surface area (Å²) >= 11 is 3.17. The molecule has 5 nitrogen and oxygen atoms in total. The minimum Gasteiger partial charge on any atom is -0.493 e. The molecule has 1 aliphatic rings. The number of rotatable bonds is 7. The van der Waals surface area contributed by atoms with Crippen LogP contribution in [-0.2, 0) is 17.9 Å². The Morgan fingerprint density at radius 3 is 2.41 bits per heavy atom. The van der Waals surface area contributed by atoms with Crippen molar-refractivity contribution in [3.8, 4) is 11.5 Å². The number of nitrogens with zero attached hydrogens (tertiary/aromatic N) is 1. The Balaban J connectivity index is 1.51. The number of methoxy groups -OCH3 is 1. The maximum absolute atomic E-state index is 12.9. The standard InChI is InChI=1S/C25H20INO4S/c1-30-21-12-9-19(13-22(21)31-16-18-5-3-2-4-6-18)14-23-24(28)27(25(29)32-23)15-17-7-10-20(26)11-8-17/h2-14H,15-16H2,1H3/b23-14-. The van der Waals surface area contributed by atoms with E-state index in [2.05, 4.69) is 22.6 Å². The molecule has 0 atom stereocenters. The number of hydrogen-bond donors (Lipinski definition) is 0. The van der Waals surface area contributed by atoms with Gasteiger partial charge in [-0.15, -0.1) is 0 Å². The van der Waals surface area contributed by atoms with Crippen LogP contribution in [0.3, 0.4) is 0 Å². The molecule has 0 N–H and O–H groups in total. The van der Waals surface area contributed by atoms with Gasteiger partial charge >= 0.3 is 0 Å². The molecule has 162 valence electrons. The molecule has 0 spiro atoms. The zero-order valence-corrected chi connectivity index (χ0v) is 20.3. The van der Waals surface area contributed by atoms with Crippen molar-refractivity contribution in [2.24, 2.45) is 0 Å². The maximum Gasteiger partial charge on any atom is 0.293 e. The Bertz CT molecular complexity index is 1160. The molecule has 1 saturated heterocycles. The highest BCUT2D eigenvalue weighted by Crippen LogP contribution is 2.35. The van der Waals surface area contributed by atoms with E-state index in [0.717, 1.165) is 32.0 Å². The van der Waals surface area contributed by atoms with Crippen LogP contribution in [0.4, 0.5) is 4.79 Å². The summed E-state index contributed by atoms with van der Waals surface area (Å²) in [5.74, 6) is 0.884. The van der Waals surface area contributed by atoms with Gasteiger partial charge in [0.2, 0.25) is 0 Å². The highest BCUT2D eigenvalue weighted by atomic mass is 127. The van der Waals surface area contributed by atoms with Crippen molar-refractivity contribution in [3.63, 3.8) is 0 Å². The highest BCUT2D eigenvalue weighted by Gasteiger charge is 2.35. The molecule has 1 aliphatic heterocycles. The second kappa shape index (κ2) is 10.2. The molecular weight excluding hydrogens is 537 g/mol. The number of imide groups is 1. The third-order valence-electron chi connectivity index (χ3n) is 4.85. The van der Waals surface area contributed by atoms with Gasteiger partial charge in [0.05, 0.1) is 18.6 Å².